The second-order valence-corrected chi connectivity index (χ2v) is 6.68. The predicted molar refractivity (Wildman–Crippen MR) is 94.2 cm³/mol. The topological polar surface area (TPSA) is 76.0 Å². The van der Waals surface area contributed by atoms with Gasteiger partial charge in [0.25, 0.3) is 5.56 Å². The van der Waals surface area contributed by atoms with Crippen LogP contribution in [0.5, 0.6) is 0 Å². The molecule has 0 saturated carbocycles. The van der Waals surface area contributed by atoms with Gasteiger partial charge in [-0.05, 0) is 32.4 Å². The van der Waals surface area contributed by atoms with Gasteiger partial charge in [0, 0.05) is 22.7 Å². The van der Waals surface area contributed by atoms with E-state index in [0.29, 0.717) is 22.9 Å². The molecule has 0 aliphatic heterocycles. The Labute approximate surface area is 143 Å². The molecule has 0 amide bonds. The second-order valence-electron chi connectivity index (χ2n) is 5.50. The molecule has 0 saturated heterocycles. The molecule has 24 heavy (non-hydrogen) atoms. The molecule has 0 atom stereocenters. The first-order chi connectivity index (χ1) is 11.5. The highest BCUT2D eigenvalue weighted by molar-refractivity contribution is 7.17. The van der Waals surface area contributed by atoms with E-state index in [-0.39, 0.29) is 5.56 Å². The van der Waals surface area contributed by atoms with Gasteiger partial charge in [0.05, 0.1) is 29.7 Å². The van der Waals surface area contributed by atoms with E-state index in [1.807, 2.05) is 30.7 Å². The van der Waals surface area contributed by atoms with Crippen molar-refractivity contribution in [2.75, 3.05) is 0 Å². The van der Waals surface area contributed by atoms with Crippen molar-refractivity contribution in [3.63, 3.8) is 0 Å². The van der Waals surface area contributed by atoms with Crippen LogP contribution in [0.3, 0.4) is 0 Å². The highest BCUT2D eigenvalue weighted by atomic mass is 32.1. The number of hydrogen-bond donors (Lipinski definition) is 0. The summed E-state index contributed by atoms with van der Waals surface area (Å²) in [6, 6.07) is 5.54. The minimum Gasteiger partial charge on any atom is -0.269 e. The number of nitriles is 1. The molecular weight excluding hydrogens is 322 g/mol. The standard InChI is InChI=1S/C17H17N5OS/c1-4-13-8-11(2)21(20-13)10-14-9-16(23)22-15(6-5-7-18)12(3)24-17(22)19-14/h5-6,8-9H,4,10H2,1-3H3/b6-5-. The second kappa shape index (κ2) is 6.42. The van der Waals surface area contributed by atoms with Gasteiger partial charge in [-0.2, -0.15) is 10.4 Å². The average molecular weight is 339 g/mol. The number of thiazole rings is 1. The Morgan fingerprint density at radius 3 is 2.79 bits per heavy atom. The predicted octanol–water partition coefficient (Wildman–Crippen LogP) is 2.72. The first-order valence-electron chi connectivity index (χ1n) is 7.65. The zero-order valence-electron chi connectivity index (χ0n) is 13.8. The molecule has 3 heterocycles. The van der Waals surface area contributed by atoms with Gasteiger partial charge in [-0.25, -0.2) is 4.98 Å². The van der Waals surface area contributed by atoms with Crippen molar-refractivity contribution >= 4 is 22.4 Å². The van der Waals surface area contributed by atoms with Gasteiger partial charge in [-0.3, -0.25) is 13.9 Å². The number of hydrogen-bond acceptors (Lipinski definition) is 5. The van der Waals surface area contributed by atoms with E-state index < -0.39 is 0 Å². The van der Waals surface area contributed by atoms with Gasteiger partial charge >= 0.3 is 0 Å². The first-order valence-corrected chi connectivity index (χ1v) is 8.46. The van der Waals surface area contributed by atoms with Crippen LogP contribution in [0.1, 0.15) is 34.6 Å². The summed E-state index contributed by atoms with van der Waals surface area (Å²) in [5, 5.41) is 13.2. The van der Waals surface area contributed by atoms with Crippen molar-refractivity contribution in [1.29, 1.82) is 5.26 Å². The lowest BCUT2D eigenvalue weighted by Crippen LogP contribution is -2.17. The van der Waals surface area contributed by atoms with Crippen LogP contribution in [-0.2, 0) is 13.0 Å². The minimum atomic E-state index is -0.141. The van der Waals surface area contributed by atoms with Gasteiger partial charge in [-0.1, -0.05) is 6.92 Å². The monoisotopic (exact) mass is 339 g/mol. The Morgan fingerprint density at radius 2 is 2.12 bits per heavy atom. The van der Waals surface area contributed by atoms with Gasteiger partial charge in [0.1, 0.15) is 0 Å². The van der Waals surface area contributed by atoms with Crippen LogP contribution < -0.4 is 5.56 Å². The van der Waals surface area contributed by atoms with Crippen LogP contribution >= 0.6 is 11.3 Å². The maximum absolute atomic E-state index is 12.5. The van der Waals surface area contributed by atoms with E-state index in [1.165, 1.54) is 23.5 Å². The minimum absolute atomic E-state index is 0.141. The molecule has 7 heteroatoms. The Kier molecular flexibility index (Phi) is 4.32. The molecule has 0 aliphatic rings. The smallest absolute Gasteiger partial charge is 0.259 e. The molecule has 0 unspecified atom stereocenters. The lowest BCUT2D eigenvalue weighted by atomic mass is 10.3. The van der Waals surface area contributed by atoms with Crippen LogP contribution in [0.25, 0.3) is 11.0 Å². The summed E-state index contributed by atoms with van der Waals surface area (Å²) in [5.74, 6) is 0. The van der Waals surface area contributed by atoms with E-state index in [2.05, 4.69) is 17.0 Å². The van der Waals surface area contributed by atoms with E-state index in [9.17, 15) is 4.79 Å². The SMILES string of the molecule is CCc1cc(C)n(Cc2cc(=O)n3c(/C=C\C#N)c(C)sc3n2)n1. The largest absolute Gasteiger partial charge is 0.269 e. The number of aromatic nitrogens is 4. The van der Waals surface area contributed by atoms with Crippen molar-refractivity contribution in [1.82, 2.24) is 19.2 Å². The van der Waals surface area contributed by atoms with Crippen molar-refractivity contribution < 1.29 is 0 Å². The summed E-state index contributed by atoms with van der Waals surface area (Å²) < 4.78 is 3.42. The number of allylic oxidation sites excluding steroid dienone is 1. The van der Waals surface area contributed by atoms with Crippen LogP contribution in [0.2, 0.25) is 0 Å². The number of nitrogens with zero attached hydrogens (tertiary/aromatic N) is 5. The first kappa shape index (κ1) is 16.1. The Hall–Kier alpha value is -2.72. The zero-order valence-corrected chi connectivity index (χ0v) is 14.6. The molecule has 122 valence electrons. The maximum atomic E-state index is 12.5. The van der Waals surface area contributed by atoms with Gasteiger partial charge in [0.15, 0.2) is 4.96 Å². The molecule has 3 aromatic heterocycles. The highest BCUT2D eigenvalue weighted by Crippen LogP contribution is 2.21. The molecule has 3 aromatic rings. The molecule has 0 aromatic carbocycles. The van der Waals surface area contributed by atoms with Crippen LogP contribution in [0.15, 0.2) is 23.0 Å². The molecule has 0 fully saturated rings. The quantitative estimate of drug-likeness (QED) is 0.685. The lowest BCUT2D eigenvalue weighted by molar-refractivity contribution is 0.642. The van der Waals surface area contributed by atoms with E-state index in [0.717, 1.165) is 22.7 Å². The van der Waals surface area contributed by atoms with Gasteiger partial charge in [-0.15, -0.1) is 11.3 Å². The summed E-state index contributed by atoms with van der Waals surface area (Å²) in [5.41, 5.74) is 3.34. The fourth-order valence-electron chi connectivity index (χ4n) is 2.60. The van der Waals surface area contributed by atoms with E-state index in [4.69, 9.17) is 5.26 Å². The van der Waals surface area contributed by atoms with Crippen LogP contribution in [0.4, 0.5) is 0 Å². The van der Waals surface area contributed by atoms with Crippen LogP contribution in [-0.4, -0.2) is 19.2 Å². The molecule has 6 nitrogen and oxygen atoms in total. The third-order valence-electron chi connectivity index (χ3n) is 3.81. The summed E-state index contributed by atoms with van der Waals surface area (Å²) in [6.07, 6.45) is 3.89. The third-order valence-corrected chi connectivity index (χ3v) is 4.78. The molecule has 0 bridgehead atoms. The summed E-state index contributed by atoms with van der Waals surface area (Å²) >= 11 is 1.44. The fraction of sp³-hybridized carbons (Fsp3) is 0.294. The van der Waals surface area contributed by atoms with Crippen molar-refractivity contribution in [2.24, 2.45) is 0 Å². The number of rotatable bonds is 4. The van der Waals surface area contributed by atoms with E-state index in [1.54, 1.807) is 10.5 Å². The van der Waals surface area contributed by atoms with Crippen molar-refractivity contribution in [2.45, 2.75) is 33.7 Å². The third kappa shape index (κ3) is 2.88. The van der Waals surface area contributed by atoms with Crippen LogP contribution in [0, 0.1) is 25.2 Å². The molecule has 0 spiro atoms. The molecule has 3 rings (SSSR count). The van der Waals surface area contributed by atoms with Gasteiger partial charge in [0.2, 0.25) is 0 Å². The Morgan fingerprint density at radius 1 is 1.33 bits per heavy atom. The summed E-state index contributed by atoms with van der Waals surface area (Å²) in [4.78, 5) is 18.7. The van der Waals surface area contributed by atoms with E-state index >= 15 is 0 Å². The fourth-order valence-corrected chi connectivity index (χ4v) is 3.58. The Balaban J connectivity index is 2.06. The molecule has 0 radical (unpaired) electrons. The molecule has 0 aliphatic carbocycles. The normalized spacial score (nSPS) is 11.4. The lowest BCUT2D eigenvalue weighted by Gasteiger charge is -2.04. The van der Waals surface area contributed by atoms with Gasteiger partial charge < -0.3 is 0 Å². The van der Waals surface area contributed by atoms with Crippen molar-refractivity contribution in [3.8, 4) is 6.07 Å². The number of fused-ring (bicyclic) bond motifs is 1. The molecular formula is C17H17N5OS. The molecule has 0 N–H and O–H groups in total. The summed E-state index contributed by atoms with van der Waals surface area (Å²) in [6.45, 7) is 6.45. The number of aryl methyl sites for hydroxylation is 3. The maximum Gasteiger partial charge on any atom is 0.259 e. The average Bonchev–Trinajstić information content (AvgIpc) is 3.05. The summed E-state index contributed by atoms with van der Waals surface area (Å²) in [7, 11) is 0. The Bertz CT molecular complexity index is 1030. The zero-order chi connectivity index (χ0) is 17.3. The highest BCUT2D eigenvalue weighted by Gasteiger charge is 2.12. The van der Waals surface area contributed by atoms with Crippen molar-refractivity contribution in [3.05, 3.63) is 56.2 Å².